The van der Waals surface area contributed by atoms with Gasteiger partial charge >= 0.3 is 6.09 Å². The first-order valence-electron chi connectivity index (χ1n) is 6.95. The van der Waals surface area contributed by atoms with Crippen molar-refractivity contribution in [2.24, 2.45) is 5.73 Å². The van der Waals surface area contributed by atoms with Crippen LogP contribution in [0.15, 0.2) is 34.9 Å². The molecule has 3 N–H and O–H groups in total. The van der Waals surface area contributed by atoms with Gasteiger partial charge in [-0.15, -0.1) is 0 Å². The molecule has 0 spiro atoms. The molecule has 0 unspecified atom stereocenters. The lowest BCUT2D eigenvalue weighted by atomic mass is 10.1. The number of alkyl carbamates (subject to hydrolysis) is 1. The Balaban J connectivity index is 1.74. The number of carbonyl (C=O) groups excluding carboxylic acids is 2. The van der Waals surface area contributed by atoms with Gasteiger partial charge in [-0.1, -0.05) is 28.9 Å². The summed E-state index contributed by atoms with van der Waals surface area (Å²) in [6.07, 6.45) is 0.570. The average Bonchev–Trinajstić information content (AvgIpc) is 2.99. The number of nitrogens with zero attached hydrogens (tertiary/aromatic N) is 1. The molecule has 1 aromatic heterocycles. The summed E-state index contributed by atoms with van der Waals surface area (Å²) in [5.41, 5.74) is 6.50. The number of hydrogen-bond acceptors (Lipinski definition) is 5. The minimum absolute atomic E-state index is 0.384. The molecule has 0 atom stereocenters. The number of primary amides is 1. The molecule has 1 aromatic carbocycles. The Morgan fingerprint density at radius 1 is 1.30 bits per heavy atom. The molecular weight excluding hydrogens is 322 g/mol. The summed E-state index contributed by atoms with van der Waals surface area (Å²) >= 11 is 5.84. The zero-order valence-corrected chi connectivity index (χ0v) is 13.0. The second-order valence-electron chi connectivity index (χ2n) is 4.76. The molecule has 1 heterocycles. The van der Waals surface area contributed by atoms with Crippen molar-refractivity contribution in [1.29, 1.82) is 0 Å². The van der Waals surface area contributed by atoms with E-state index in [-0.39, 0.29) is 0 Å². The fourth-order valence-corrected chi connectivity index (χ4v) is 1.95. The van der Waals surface area contributed by atoms with Gasteiger partial charge < -0.3 is 20.3 Å². The number of nitrogens with one attached hydrogen (secondary N) is 1. The van der Waals surface area contributed by atoms with Crippen LogP contribution in [0.4, 0.5) is 4.79 Å². The van der Waals surface area contributed by atoms with Gasteiger partial charge in [0.2, 0.25) is 0 Å². The van der Waals surface area contributed by atoms with E-state index in [0.717, 1.165) is 11.3 Å². The average molecular weight is 338 g/mol. The molecule has 2 aromatic rings. The highest BCUT2D eigenvalue weighted by atomic mass is 35.5. The maximum atomic E-state index is 11.2. The molecule has 0 bridgehead atoms. The number of carbonyl (C=O) groups is 2. The third-order valence-electron chi connectivity index (χ3n) is 2.91. The third kappa shape index (κ3) is 5.63. The second-order valence-corrected chi connectivity index (χ2v) is 5.19. The van der Waals surface area contributed by atoms with Gasteiger partial charge in [-0.25, -0.2) is 4.79 Å². The SMILES string of the molecule is NC(=O)COC(=O)NCCCc1cc(-c2ccc(Cl)cc2)no1. The summed E-state index contributed by atoms with van der Waals surface area (Å²) in [5, 5.41) is 7.16. The number of aryl methyl sites for hydroxylation is 1. The van der Waals surface area contributed by atoms with E-state index in [0.29, 0.717) is 30.2 Å². The van der Waals surface area contributed by atoms with E-state index in [1.807, 2.05) is 18.2 Å². The first-order chi connectivity index (χ1) is 11.0. The predicted molar refractivity (Wildman–Crippen MR) is 83.8 cm³/mol. The number of hydrogen-bond donors (Lipinski definition) is 2. The molecule has 7 nitrogen and oxygen atoms in total. The number of halogens is 1. The zero-order valence-electron chi connectivity index (χ0n) is 12.3. The molecule has 0 aliphatic rings. The number of ether oxygens (including phenoxy) is 1. The number of nitrogens with two attached hydrogens (primary N) is 1. The number of rotatable bonds is 7. The third-order valence-corrected chi connectivity index (χ3v) is 3.17. The van der Waals surface area contributed by atoms with E-state index in [4.69, 9.17) is 21.9 Å². The minimum atomic E-state index is -0.698. The fourth-order valence-electron chi connectivity index (χ4n) is 1.83. The molecule has 0 aliphatic carbocycles. The maximum Gasteiger partial charge on any atom is 0.407 e. The quantitative estimate of drug-likeness (QED) is 0.752. The monoisotopic (exact) mass is 337 g/mol. The lowest BCUT2D eigenvalue weighted by molar-refractivity contribution is -0.120. The lowest BCUT2D eigenvalue weighted by Crippen LogP contribution is -2.29. The number of aromatic nitrogens is 1. The van der Waals surface area contributed by atoms with E-state index in [9.17, 15) is 9.59 Å². The Morgan fingerprint density at radius 3 is 2.74 bits per heavy atom. The van der Waals surface area contributed by atoms with Gasteiger partial charge in [-0.2, -0.15) is 0 Å². The van der Waals surface area contributed by atoms with Crippen LogP contribution in [0.1, 0.15) is 12.2 Å². The normalized spacial score (nSPS) is 10.3. The van der Waals surface area contributed by atoms with Gasteiger partial charge in [0.1, 0.15) is 11.5 Å². The molecule has 0 aliphatic heterocycles. The topological polar surface area (TPSA) is 107 Å². The van der Waals surface area contributed by atoms with E-state index < -0.39 is 18.6 Å². The van der Waals surface area contributed by atoms with Gasteiger partial charge in [-0.05, 0) is 18.6 Å². The number of amides is 2. The highest BCUT2D eigenvalue weighted by Gasteiger charge is 2.07. The summed E-state index contributed by atoms with van der Waals surface area (Å²) in [5.74, 6) is 0.0128. The van der Waals surface area contributed by atoms with Gasteiger partial charge in [0.25, 0.3) is 5.91 Å². The van der Waals surface area contributed by atoms with Crippen molar-refractivity contribution in [1.82, 2.24) is 10.5 Å². The minimum Gasteiger partial charge on any atom is -0.439 e. The highest BCUT2D eigenvalue weighted by molar-refractivity contribution is 6.30. The van der Waals surface area contributed by atoms with E-state index in [2.05, 4.69) is 15.2 Å². The van der Waals surface area contributed by atoms with Gasteiger partial charge in [0.15, 0.2) is 6.61 Å². The lowest BCUT2D eigenvalue weighted by Gasteiger charge is -2.04. The summed E-state index contributed by atoms with van der Waals surface area (Å²) in [4.78, 5) is 21.6. The van der Waals surface area contributed by atoms with Gasteiger partial charge in [0.05, 0.1) is 0 Å². The van der Waals surface area contributed by atoms with E-state index in [1.165, 1.54) is 0 Å². The highest BCUT2D eigenvalue weighted by Crippen LogP contribution is 2.21. The van der Waals surface area contributed by atoms with Crippen LogP contribution in [0.3, 0.4) is 0 Å². The molecular formula is C15H16ClN3O4. The predicted octanol–water partition coefficient (Wildman–Crippen LogP) is 2.14. The van der Waals surface area contributed by atoms with Crippen molar-refractivity contribution in [3.63, 3.8) is 0 Å². The summed E-state index contributed by atoms with van der Waals surface area (Å²) in [6.45, 7) is -0.0486. The van der Waals surface area contributed by atoms with Gasteiger partial charge in [0, 0.05) is 29.6 Å². The molecule has 122 valence electrons. The molecule has 0 saturated heterocycles. The van der Waals surface area contributed by atoms with Gasteiger partial charge in [-0.3, -0.25) is 4.79 Å². The van der Waals surface area contributed by atoms with Crippen LogP contribution in [0, 0.1) is 0 Å². The fraction of sp³-hybridized carbons (Fsp3) is 0.267. The summed E-state index contributed by atoms with van der Waals surface area (Å²) in [6, 6.07) is 9.13. The Labute approximate surface area is 137 Å². The Hall–Kier alpha value is -2.54. The molecule has 8 heteroatoms. The van der Waals surface area contributed by atoms with Crippen LogP contribution >= 0.6 is 11.6 Å². The van der Waals surface area contributed by atoms with Crippen LogP contribution in [-0.2, 0) is 16.0 Å². The Morgan fingerprint density at radius 2 is 2.04 bits per heavy atom. The molecule has 0 radical (unpaired) electrons. The molecule has 0 fully saturated rings. The Kier molecular flexibility index (Phi) is 5.99. The van der Waals surface area contributed by atoms with Crippen LogP contribution in [0.2, 0.25) is 5.02 Å². The van der Waals surface area contributed by atoms with Crippen molar-refractivity contribution in [3.8, 4) is 11.3 Å². The van der Waals surface area contributed by atoms with Crippen LogP contribution in [0.25, 0.3) is 11.3 Å². The van der Waals surface area contributed by atoms with Crippen LogP contribution in [-0.4, -0.2) is 30.3 Å². The van der Waals surface area contributed by atoms with Crippen LogP contribution < -0.4 is 11.1 Å². The van der Waals surface area contributed by atoms with E-state index >= 15 is 0 Å². The smallest absolute Gasteiger partial charge is 0.407 e. The van der Waals surface area contributed by atoms with Crippen molar-refractivity contribution >= 4 is 23.6 Å². The molecule has 23 heavy (non-hydrogen) atoms. The van der Waals surface area contributed by atoms with E-state index in [1.54, 1.807) is 12.1 Å². The first-order valence-corrected chi connectivity index (χ1v) is 7.33. The largest absolute Gasteiger partial charge is 0.439 e. The number of benzene rings is 1. The standard InChI is InChI=1S/C15H16ClN3O4/c16-11-5-3-10(4-6-11)13-8-12(23-19-13)2-1-7-18-15(21)22-9-14(17)20/h3-6,8H,1-2,7,9H2,(H2,17,20)(H,18,21). The van der Waals surface area contributed by atoms with Crippen LogP contribution in [0.5, 0.6) is 0 Å². The van der Waals surface area contributed by atoms with Crippen molar-refractivity contribution in [2.45, 2.75) is 12.8 Å². The first kappa shape index (κ1) is 16.8. The van der Waals surface area contributed by atoms with Crippen molar-refractivity contribution < 1.29 is 18.8 Å². The maximum absolute atomic E-state index is 11.2. The van der Waals surface area contributed by atoms with Crippen molar-refractivity contribution in [3.05, 3.63) is 41.1 Å². The summed E-state index contributed by atoms with van der Waals surface area (Å²) in [7, 11) is 0. The Bertz CT molecular complexity index is 670. The molecule has 0 saturated carbocycles. The molecule has 2 rings (SSSR count). The molecule has 2 amide bonds. The summed E-state index contributed by atoms with van der Waals surface area (Å²) < 4.78 is 9.80. The van der Waals surface area contributed by atoms with Crippen molar-refractivity contribution in [2.75, 3.05) is 13.2 Å². The second kappa shape index (κ2) is 8.19. The zero-order chi connectivity index (χ0) is 16.7.